The Morgan fingerprint density at radius 1 is 1.15 bits per heavy atom. The van der Waals surface area contributed by atoms with E-state index >= 15 is 0 Å². The molecule has 0 saturated carbocycles. The van der Waals surface area contributed by atoms with Crippen molar-refractivity contribution >= 4 is 23.3 Å². The van der Waals surface area contributed by atoms with Crippen LogP contribution in [-0.2, 0) is 4.79 Å². The summed E-state index contributed by atoms with van der Waals surface area (Å²) in [6.07, 6.45) is 0.286. The minimum atomic E-state index is -0.305. The lowest BCUT2D eigenvalue weighted by Gasteiger charge is -2.18. The van der Waals surface area contributed by atoms with E-state index in [-0.39, 0.29) is 24.4 Å². The van der Waals surface area contributed by atoms with Crippen molar-refractivity contribution in [2.45, 2.75) is 26.3 Å². The fourth-order valence-corrected chi connectivity index (χ4v) is 2.93. The van der Waals surface area contributed by atoms with Gasteiger partial charge in [-0.25, -0.2) is 4.79 Å². The summed E-state index contributed by atoms with van der Waals surface area (Å²) in [5.74, 6) is 0.768. The Hall–Kier alpha value is -3.02. The van der Waals surface area contributed by atoms with Gasteiger partial charge in [-0.1, -0.05) is 17.7 Å². The van der Waals surface area contributed by atoms with Gasteiger partial charge in [-0.3, -0.25) is 4.79 Å². The number of carbonyl (C=O) groups excluding carboxylic acids is 2. The van der Waals surface area contributed by atoms with E-state index in [2.05, 4.69) is 10.6 Å². The lowest BCUT2D eigenvalue weighted by molar-refractivity contribution is -0.117. The second kappa shape index (κ2) is 7.91. The molecule has 2 aromatic carbocycles. The molecule has 3 amide bonds. The first kappa shape index (κ1) is 17.8. The van der Waals surface area contributed by atoms with E-state index in [1.807, 2.05) is 62.4 Å². The third kappa shape index (κ3) is 4.33. The first-order valence-electron chi connectivity index (χ1n) is 8.72. The summed E-state index contributed by atoms with van der Waals surface area (Å²) < 4.78 is 5.42. The number of nitrogens with zero attached hydrogens (tertiary/aromatic N) is 1. The second-order valence-corrected chi connectivity index (χ2v) is 6.30. The molecule has 1 fully saturated rings. The first-order valence-corrected chi connectivity index (χ1v) is 8.72. The lowest BCUT2D eigenvalue weighted by Crippen LogP contribution is -2.39. The Labute approximate surface area is 153 Å². The lowest BCUT2D eigenvalue weighted by atomic mass is 10.2. The van der Waals surface area contributed by atoms with E-state index in [9.17, 15) is 9.59 Å². The number of hydrogen-bond donors (Lipinski definition) is 2. The topological polar surface area (TPSA) is 70.7 Å². The summed E-state index contributed by atoms with van der Waals surface area (Å²) in [6, 6.07) is 14.4. The molecule has 1 aliphatic rings. The van der Waals surface area contributed by atoms with Gasteiger partial charge >= 0.3 is 6.03 Å². The molecule has 1 saturated heterocycles. The molecule has 6 heteroatoms. The maximum Gasteiger partial charge on any atom is 0.319 e. The van der Waals surface area contributed by atoms with Gasteiger partial charge in [0.15, 0.2) is 0 Å². The monoisotopic (exact) mass is 353 g/mol. The molecule has 0 aromatic heterocycles. The highest BCUT2D eigenvalue weighted by Crippen LogP contribution is 2.24. The van der Waals surface area contributed by atoms with Crippen molar-refractivity contribution in [2.75, 3.05) is 23.4 Å². The molecule has 3 rings (SSSR count). The van der Waals surface area contributed by atoms with Gasteiger partial charge in [-0.05, 0) is 50.2 Å². The number of benzene rings is 2. The van der Waals surface area contributed by atoms with Crippen LogP contribution in [0.15, 0.2) is 48.5 Å². The molecular formula is C20H23N3O3. The maximum absolute atomic E-state index is 12.3. The third-order valence-electron chi connectivity index (χ3n) is 4.23. The Morgan fingerprint density at radius 2 is 1.85 bits per heavy atom. The van der Waals surface area contributed by atoms with Crippen LogP contribution >= 0.6 is 0 Å². The highest BCUT2D eigenvalue weighted by Gasteiger charge is 2.31. The van der Waals surface area contributed by atoms with Crippen LogP contribution in [0.2, 0.25) is 0 Å². The molecule has 0 spiro atoms. The van der Waals surface area contributed by atoms with Crippen LogP contribution in [-0.4, -0.2) is 31.1 Å². The molecule has 1 heterocycles. The number of amides is 3. The van der Waals surface area contributed by atoms with Crippen LogP contribution in [0.4, 0.5) is 16.2 Å². The quantitative estimate of drug-likeness (QED) is 0.866. The van der Waals surface area contributed by atoms with Crippen LogP contribution in [0.5, 0.6) is 5.75 Å². The van der Waals surface area contributed by atoms with E-state index < -0.39 is 0 Å². The Balaban J connectivity index is 1.56. The van der Waals surface area contributed by atoms with E-state index in [1.165, 1.54) is 0 Å². The molecular weight excluding hydrogens is 330 g/mol. The normalized spacial score (nSPS) is 16.5. The van der Waals surface area contributed by atoms with Crippen molar-refractivity contribution in [1.29, 1.82) is 0 Å². The van der Waals surface area contributed by atoms with Crippen LogP contribution in [0, 0.1) is 6.92 Å². The highest BCUT2D eigenvalue weighted by molar-refractivity contribution is 5.97. The zero-order valence-electron chi connectivity index (χ0n) is 15.0. The molecule has 0 bridgehead atoms. The number of aryl methyl sites for hydroxylation is 1. The van der Waals surface area contributed by atoms with Gasteiger partial charge in [0.1, 0.15) is 5.75 Å². The Bertz CT molecular complexity index is 772. The number of ether oxygens (including phenoxy) is 1. The molecule has 6 nitrogen and oxygen atoms in total. The van der Waals surface area contributed by atoms with Crippen molar-refractivity contribution < 1.29 is 14.3 Å². The summed E-state index contributed by atoms with van der Waals surface area (Å²) in [4.78, 5) is 26.1. The van der Waals surface area contributed by atoms with Crippen molar-refractivity contribution in [3.05, 3.63) is 54.1 Å². The van der Waals surface area contributed by atoms with Gasteiger partial charge in [-0.15, -0.1) is 0 Å². The molecule has 0 radical (unpaired) electrons. The predicted molar refractivity (Wildman–Crippen MR) is 102 cm³/mol. The molecule has 0 aliphatic carbocycles. The Kier molecular flexibility index (Phi) is 5.41. The average molecular weight is 353 g/mol. The average Bonchev–Trinajstić information content (AvgIpc) is 2.98. The van der Waals surface area contributed by atoms with E-state index in [0.29, 0.717) is 13.2 Å². The molecule has 2 aromatic rings. The number of carbonyl (C=O) groups is 2. The van der Waals surface area contributed by atoms with Crippen molar-refractivity contribution in [3.63, 3.8) is 0 Å². The predicted octanol–water partition coefficient (Wildman–Crippen LogP) is 3.32. The molecule has 1 aliphatic heterocycles. The molecule has 26 heavy (non-hydrogen) atoms. The summed E-state index contributed by atoms with van der Waals surface area (Å²) in [5, 5.41) is 5.66. The van der Waals surface area contributed by atoms with Gasteiger partial charge in [0.25, 0.3) is 0 Å². The fourth-order valence-electron chi connectivity index (χ4n) is 2.93. The van der Waals surface area contributed by atoms with Gasteiger partial charge in [-0.2, -0.15) is 0 Å². The number of nitrogens with one attached hydrogen (secondary N) is 2. The number of urea groups is 1. The van der Waals surface area contributed by atoms with Crippen molar-refractivity contribution in [3.8, 4) is 5.75 Å². The van der Waals surface area contributed by atoms with Crippen LogP contribution in [0.3, 0.4) is 0 Å². The SMILES string of the molecule is CCOc1ccc(N2CC(NC(=O)Nc3ccc(C)cc3)CC2=O)cc1. The van der Waals surface area contributed by atoms with Gasteiger partial charge < -0.3 is 20.3 Å². The highest BCUT2D eigenvalue weighted by atomic mass is 16.5. The summed E-state index contributed by atoms with van der Waals surface area (Å²) in [7, 11) is 0. The molecule has 1 atom stereocenters. The standard InChI is InChI=1S/C20H23N3O3/c1-3-26-18-10-8-17(9-11-18)23-13-16(12-19(23)24)22-20(25)21-15-6-4-14(2)5-7-15/h4-11,16H,3,12-13H2,1-2H3,(H2,21,22,25). The number of hydrogen-bond acceptors (Lipinski definition) is 3. The first-order chi connectivity index (χ1) is 12.5. The fraction of sp³-hybridized carbons (Fsp3) is 0.300. The van der Waals surface area contributed by atoms with Gasteiger partial charge in [0.05, 0.1) is 12.6 Å². The largest absolute Gasteiger partial charge is 0.494 e. The summed E-state index contributed by atoms with van der Waals surface area (Å²) >= 11 is 0. The van der Waals surface area contributed by atoms with Crippen LogP contribution in [0.25, 0.3) is 0 Å². The number of anilines is 2. The zero-order chi connectivity index (χ0) is 18.5. The molecule has 2 N–H and O–H groups in total. The van der Waals surface area contributed by atoms with Crippen molar-refractivity contribution in [1.82, 2.24) is 5.32 Å². The summed E-state index contributed by atoms with van der Waals surface area (Å²) in [6.45, 7) is 4.97. The minimum absolute atomic E-state index is 0.00482. The van der Waals surface area contributed by atoms with E-state index in [1.54, 1.807) is 4.90 Å². The second-order valence-electron chi connectivity index (χ2n) is 6.30. The summed E-state index contributed by atoms with van der Waals surface area (Å²) in [5.41, 5.74) is 2.66. The molecule has 1 unspecified atom stereocenters. The third-order valence-corrected chi connectivity index (χ3v) is 4.23. The van der Waals surface area contributed by atoms with Crippen LogP contribution in [0.1, 0.15) is 18.9 Å². The minimum Gasteiger partial charge on any atom is -0.494 e. The number of rotatable bonds is 5. The smallest absolute Gasteiger partial charge is 0.319 e. The van der Waals surface area contributed by atoms with Crippen molar-refractivity contribution in [2.24, 2.45) is 0 Å². The van der Waals surface area contributed by atoms with Crippen LogP contribution < -0.4 is 20.3 Å². The molecule has 136 valence electrons. The zero-order valence-corrected chi connectivity index (χ0v) is 15.0. The van der Waals surface area contributed by atoms with Gasteiger partial charge in [0.2, 0.25) is 5.91 Å². The maximum atomic E-state index is 12.3. The van der Waals surface area contributed by atoms with E-state index in [4.69, 9.17) is 4.74 Å². The van der Waals surface area contributed by atoms with Gasteiger partial charge in [0, 0.05) is 24.3 Å². The Morgan fingerprint density at radius 3 is 2.50 bits per heavy atom. The van der Waals surface area contributed by atoms with E-state index in [0.717, 1.165) is 22.7 Å².